The summed E-state index contributed by atoms with van der Waals surface area (Å²) in [6, 6.07) is 5.43. The summed E-state index contributed by atoms with van der Waals surface area (Å²) < 4.78 is 13.8. The van der Waals surface area contributed by atoms with E-state index in [0.29, 0.717) is 40.8 Å². The quantitative estimate of drug-likeness (QED) is 0.366. The molecule has 1 aliphatic rings. The van der Waals surface area contributed by atoms with Crippen molar-refractivity contribution < 1.29 is 19.1 Å². The number of fused-ring (bicyclic) bond motifs is 2. The highest BCUT2D eigenvalue weighted by molar-refractivity contribution is 7.21. The van der Waals surface area contributed by atoms with Crippen LogP contribution in [-0.2, 0) is 4.74 Å². The summed E-state index contributed by atoms with van der Waals surface area (Å²) in [5.74, 6) is 0.904. The molecule has 12 heteroatoms. The van der Waals surface area contributed by atoms with E-state index in [1.165, 1.54) is 11.3 Å². The monoisotopic (exact) mass is 565 g/mol. The number of nitrogens with one attached hydrogen (secondary N) is 1. The standard InChI is InChI=1S/C28H35N7O4S/c1-15-11-22-30-21(14-34(22)18(4)29-15)31-25(36)19-9-10-20(24-23(19)32-26(38-8)40-24)33-12-16(2)35(17(3)13-33)27(37)39-28(5,6)7/h9-11,14,16-17H,12-13H2,1-8H3,(H,31,36)/t16-,17-/m0/s1. The lowest BCUT2D eigenvalue weighted by Crippen LogP contribution is -2.59. The molecule has 2 atom stereocenters. The summed E-state index contributed by atoms with van der Waals surface area (Å²) in [7, 11) is 1.57. The fourth-order valence-corrected chi connectivity index (χ4v) is 6.16. The number of hydrogen-bond donors (Lipinski definition) is 1. The van der Waals surface area contributed by atoms with Gasteiger partial charge in [-0.2, -0.15) is 0 Å². The molecule has 1 fully saturated rings. The zero-order valence-corrected chi connectivity index (χ0v) is 24.9. The van der Waals surface area contributed by atoms with E-state index in [2.05, 4.69) is 25.2 Å². The summed E-state index contributed by atoms with van der Waals surface area (Å²) in [6.45, 7) is 14.7. The van der Waals surface area contributed by atoms with E-state index >= 15 is 0 Å². The first kappa shape index (κ1) is 27.6. The van der Waals surface area contributed by atoms with Gasteiger partial charge in [0.25, 0.3) is 11.1 Å². The minimum atomic E-state index is -0.562. The van der Waals surface area contributed by atoms with Gasteiger partial charge in [0.2, 0.25) is 0 Å². The molecule has 3 aromatic heterocycles. The molecule has 0 saturated carbocycles. The second kappa shape index (κ2) is 10.2. The number of rotatable bonds is 4. The average molecular weight is 566 g/mol. The molecular weight excluding hydrogens is 530 g/mol. The molecule has 40 heavy (non-hydrogen) atoms. The van der Waals surface area contributed by atoms with Gasteiger partial charge in [-0.1, -0.05) is 11.3 Å². The van der Waals surface area contributed by atoms with Crippen LogP contribution in [0.5, 0.6) is 5.19 Å². The number of hydrogen-bond acceptors (Lipinski definition) is 9. The van der Waals surface area contributed by atoms with Crippen molar-refractivity contribution in [1.29, 1.82) is 0 Å². The molecule has 4 heterocycles. The van der Waals surface area contributed by atoms with E-state index < -0.39 is 5.60 Å². The van der Waals surface area contributed by atoms with Crippen LogP contribution in [0.15, 0.2) is 24.4 Å². The second-order valence-corrected chi connectivity index (χ2v) is 12.2. The van der Waals surface area contributed by atoms with E-state index in [4.69, 9.17) is 9.47 Å². The number of methoxy groups -OCH3 is 1. The van der Waals surface area contributed by atoms with Crippen molar-refractivity contribution in [2.45, 2.75) is 66.2 Å². The zero-order valence-electron chi connectivity index (χ0n) is 24.1. The minimum Gasteiger partial charge on any atom is -0.473 e. The Balaban J connectivity index is 1.43. The smallest absolute Gasteiger partial charge is 0.410 e. The number of ether oxygens (including phenoxy) is 2. The number of benzene rings is 1. The number of carbonyl (C=O) groups excluding carboxylic acids is 2. The van der Waals surface area contributed by atoms with Gasteiger partial charge in [-0.3, -0.25) is 14.1 Å². The first-order valence-electron chi connectivity index (χ1n) is 13.2. The number of thiazole rings is 1. The summed E-state index contributed by atoms with van der Waals surface area (Å²) >= 11 is 1.39. The first-order chi connectivity index (χ1) is 18.8. The third kappa shape index (κ3) is 5.27. The van der Waals surface area contributed by atoms with E-state index in [-0.39, 0.29) is 24.1 Å². The lowest BCUT2D eigenvalue weighted by molar-refractivity contribution is 0.00567. The second-order valence-electron chi connectivity index (χ2n) is 11.2. The Labute approximate surface area is 237 Å². The molecule has 0 aliphatic carbocycles. The van der Waals surface area contributed by atoms with Gasteiger partial charge >= 0.3 is 6.09 Å². The number of amides is 2. The van der Waals surface area contributed by atoms with Crippen molar-refractivity contribution in [2.75, 3.05) is 30.4 Å². The minimum absolute atomic E-state index is 0.0805. The molecule has 0 spiro atoms. The van der Waals surface area contributed by atoms with Gasteiger partial charge in [-0.25, -0.2) is 19.7 Å². The number of aryl methyl sites for hydroxylation is 2. The fourth-order valence-electron chi connectivity index (χ4n) is 5.21. The van der Waals surface area contributed by atoms with Crippen LogP contribution in [0.25, 0.3) is 15.9 Å². The summed E-state index contributed by atoms with van der Waals surface area (Å²) in [5, 5.41) is 3.38. The number of nitrogens with zero attached hydrogens (tertiary/aromatic N) is 6. The number of carbonyl (C=O) groups is 2. The van der Waals surface area contributed by atoms with Crippen molar-refractivity contribution in [3.05, 3.63) is 41.5 Å². The van der Waals surface area contributed by atoms with Crippen molar-refractivity contribution in [1.82, 2.24) is 24.3 Å². The number of anilines is 2. The predicted molar refractivity (Wildman–Crippen MR) is 156 cm³/mol. The van der Waals surface area contributed by atoms with Gasteiger partial charge in [0.15, 0.2) is 5.82 Å². The van der Waals surface area contributed by atoms with Gasteiger partial charge in [0, 0.05) is 24.8 Å². The Morgan fingerprint density at radius 3 is 2.42 bits per heavy atom. The summed E-state index contributed by atoms with van der Waals surface area (Å²) in [5.41, 5.74) is 2.94. The highest BCUT2D eigenvalue weighted by Crippen LogP contribution is 2.39. The first-order valence-corrected chi connectivity index (χ1v) is 14.0. The molecule has 11 nitrogen and oxygen atoms in total. The Morgan fingerprint density at radius 2 is 1.77 bits per heavy atom. The molecule has 0 radical (unpaired) electrons. The third-order valence-electron chi connectivity index (χ3n) is 6.79. The van der Waals surface area contributed by atoms with Crippen molar-refractivity contribution in [2.24, 2.45) is 0 Å². The Morgan fingerprint density at radius 1 is 1.07 bits per heavy atom. The molecule has 0 unspecified atom stereocenters. The van der Waals surface area contributed by atoms with Gasteiger partial charge in [-0.05, 0) is 60.6 Å². The number of imidazole rings is 1. The molecule has 1 aliphatic heterocycles. The van der Waals surface area contributed by atoms with E-state index in [1.54, 1.807) is 19.4 Å². The molecule has 1 saturated heterocycles. The van der Waals surface area contributed by atoms with Crippen LogP contribution < -0.4 is 15.0 Å². The van der Waals surface area contributed by atoms with Gasteiger partial charge < -0.3 is 19.7 Å². The molecular formula is C28H35N7O4S. The Bertz CT molecular complexity index is 1590. The summed E-state index contributed by atoms with van der Waals surface area (Å²) in [4.78, 5) is 44.0. The Kier molecular flexibility index (Phi) is 7.07. The third-order valence-corrected chi connectivity index (χ3v) is 7.83. The molecule has 212 valence electrons. The van der Waals surface area contributed by atoms with Crippen LogP contribution in [0.1, 0.15) is 56.5 Å². The topological polar surface area (TPSA) is 114 Å². The fraction of sp³-hybridized carbons (Fsp3) is 0.464. The lowest BCUT2D eigenvalue weighted by Gasteiger charge is -2.45. The van der Waals surface area contributed by atoms with Crippen molar-refractivity contribution in [3.8, 4) is 5.19 Å². The molecule has 1 aromatic carbocycles. The maximum absolute atomic E-state index is 13.5. The van der Waals surface area contributed by atoms with Gasteiger partial charge in [0.05, 0.1) is 41.3 Å². The van der Waals surface area contributed by atoms with E-state index in [9.17, 15) is 9.59 Å². The number of aromatic nitrogens is 4. The maximum atomic E-state index is 13.5. The normalized spacial score (nSPS) is 17.9. The molecule has 2 amide bonds. The van der Waals surface area contributed by atoms with Gasteiger partial charge in [-0.15, -0.1) is 0 Å². The van der Waals surface area contributed by atoms with Crippen LogP contribution >= 0.6 is 11.3 Å². The maximum Gasteiger partial charge on any atom is 0.410 e. The van der Waals surface area contributed by atoms with Crippen molar-refractivity contribution >= 4 is 50.7 Å². The largest absolute Gasteiger partial charge is 0.473 e. The van der Waals surface area contributed by atoms with Crippen molar-refractivity contribution in [3.63, 3.8) is 0 Å². The molecule has 4 aromatic rings. The lowest BCUT2D eigenvalue weighted by atomic mass is 10.1. The van der Waals surface area contributed by atoms with Crippen LogP contribution in [0.3, 0.4) is 0 Å². The van der Waals surface area contributed by atoms with Gasteiger partial charge in [0.1, 0.15) is 22.6 Å². The van der Waals surface area contributed by atoms with Crippen LogP contribution in [0.2, 0.25) is 0 Å². The van der Waals surface area contributed by atoms with Crippen LogP contribution in [0.4, 0.5) is 16.3 Å². The zero-order chi connectivity index (χ0) is 28.9. The SMILES string of the molecule is COc1nc2c(C(=O)Nc3cn4c(C)nc(C)cc4n3)ccc(N3C[C@H](C)N(C(=O)OC(C)(C)C)[C@@H](C)C3)c2s1. The average Bonchev–Trinajstić information content (AvgIpc) is 3.45. The highest BCUT2D eigenvalue weighted by Gasteiger charge is 2.36. The summed E-state index contributed by atoms with van der Waals surface area (Å²) in [6.07, 6.45) is 1.45. The molecule has 1 N–H and O–H groups in total. The predicted octanol–water partition coefficient (Wildman–Crippen LogP) is 5.05. The highest BCUT2D eigenvalue weighted by atomic mass is 32.1. The van der Waals surface area contributed by atoms with E-state index in [0.717, 1.165) is 21.9 Å². The molecule has 5 rings (SSSR count). The molecule has 0 bridgehead atoms. The van der Waals surface area contributed by atoms with Crippen LogP contribution in [-0.4, -0.2) is 74.1 Å². The Hall–Kier alpha value is -3.93. The number of piperazine rings is 1. The van der Waals surface area contributed by atoms with Crippen LogP contribution in [0, 0.1) is 13.8 Å². The van der Waals surface area contributed by atoms with E-state index in [1.807, 2.05) is 69.9 Å².